The van der Waals surface area contributed by atoms with Gasteiger partial charge in [0, 0.05) is 13.0 Å². The lowest BCUT2D eigenvalue weighted by Crippen LogP contribution is -2.28. The third kappa shape index (κ3) is 5.41. The molecule has 0 aliphatic rings. The topological polar surface area (TPSA) is 82.3 Å². The van der Waals surface area contributed by atoms with Crippen LogP contribution in [-0.4, -0.2) is 17.7 Å². The van der Waals surface area contributed by atoms with Crippen molar-refractivity contribution in [1.82, 2.24) is 5.32 Å². The standard InChI is InChI=1S/C19H20N2O3/c20-11-4-5-12-24-17-10-6-7-15(13-17)14-21-18(19(22)23)16-8-2-1-3-9-16/h1-3,6-10,13,18,21H,4-5,12,14H2,(H,22,23)/t18-/m1/s1. The van der Waals surface area contributed by atoms with Crippen LogP contribution in [0.25, 0.3) is 0 Å². The fourth-order valence-electron chi connectivity index (χ4n) is 2.30. The average Bonchev–Trinajstić information content (AvgIpc) is 2.60. The zero-order valence-corrected chi connectivity index (χ0v) is 13.3. The van der Waals surface area contributed by atoms with Gasteiger partial charge in [-0.2, -0.15) is 5.26 Å². The van der Waals surface area contributed by atoms with Crippen LogP contribution in [0.5, 0.6) is 5.75 Å². The first-order chi connectivity index (χ1) is 11.7. The van der Waals surface area contributed by atoms with Crippen molar-refractivity contribution in [2.75, 3.05) is 6.61 Å². The Balaban J connectivity index is 1.95. The molecule has 0 aromatic heterocycles. The van der Waals surface area contributed by atoms with Gasteiger partial charge in [-0.15, -0.1) is 0 Å². The number of carboxylic acid groups (broad SMARTS) is 1. The van der Waals surface area contributed by atoms with Crippen molar-refractivity contribution < 1.29 is 14.6 Å². The lowest BCUT2D eigenvalue weighted by molar-refractivity contribution is -0.139. The summed E-state index contributed by atoms with van der Waals surface area (Å²) in [6, 6.07) is 17.9. The highest BCUT2D eigenvalue weighted by atomic mass is 16.5. The molecule has 2 N–H and O–H groups in total. The van der Waals surface area contributed by atoms with E-state index in [1.165, 1.54) is 0 Å². The van der Waals surface area contributed by atoms with E-state index < -0.39 is 12.0 Å². The second-order valence-corrected chi connectivity index (χ2v) is 5.32. The molecule has 0 saturated heterocycles. The van der Waals surface area contributed by atoms with Gasteiger partial charge in [-0.05, 0) is 29.7 Å². The van der Waals surface area contributed by atoms with Crippen LogP contribution in [-0.2, 0) is 11.3 Å². The summed E-state index contributed by atoms with van der Waals surface area (Å²) in [5.41, 5.74) is 1.66. The first-order valence-corrected chi connectivity index (χ1v) is 7.80. The minimum absolute atomic E-state index is 0.418. The summed E-state index contributed by atoms with van der Waals surface area (Å²) in [5.74, 6) is -0.191. The van der Waals surface area contributed by atoms with Crippen molar-refractivity contribution in [3.63, 3.8) is 0 Å². The van der Waals surface area contributed by atoms with E-state index in [9.17, 15) is 9.90 Å². The van der Waals surface area contributed by atoms with Crippen molar-refractivity contribution in [3.8, 4) is 11.8 Å². The van der Waals surface area contributed by atoms with Gasteiger partial charge < -0.3 is 9.84 Å². The van der Waals surface area contributed by atoms with Crippen LogP contribution < -0.4 is 10.1 Å². The molecular weight excluding hydrogens is 304 g/mol. The first kappa shape index (κ1) is 17.5. The Morgan fingerprint density at radius 3 is 2.71 bits per heavy atom. The van der Waals surface area contributed by atoms with E-state index >= 15 is 0 Å². The zero-order chi connectivity index (χ0) is 17.2. The van der Waals surface area contributed by atoms with Gasteiger partial charge in [0.05, 0.1) is 12.7 Å². The molecule has 0 heterocycles. The van der Waals surface area contributed by atoms with Crippen LogP contribution in [0, 0.1) is 11.3 Å². The molecule has 5 heteroatoms. The second kappa shape index (κ2) is 9.33. The summed E-state index contributed by atoms with van der Waals surface area (Å²) in [7, 11) is 0. The molecule has 124 valence electrons. The third-order valence-electron chi connectivity index (χ3n) is 3.49. The van der Waals surface area contributed by atoms with E-state index in [0.717, 1.165) is 11.3 Å². The van der Waals surface area contributed by atoms with E-state index in [1.54, 1.807) is 12.1 Å². The molecule has 2 aromatic rings. The maximum Gasteiger partial charge on any atom is 0.325 e. The van der Waals surface area contributed by atoms with Crippen LogP contribution in [0.1, 0.15) is 30.0 Å². The van der Waals surface area contributed by atoms with E-state index in [2.05, 4.69) is 11.4 Å². The van der Waals surface area contributed by atoms with Gasteiger partial charge in [-0.3, -0.25) is 10.1 Å². The Labute approximate surface area is 141 Å². The van der Waals surface area contributed by atoms with Crippen LogP contribution in [0.4, 0.5) is 0 Å². The molecule has 0 bridgehead atoms. The monoisotopic (exact) mass is 324 g/mol. The smallest absolute Gasteiger partial charge is 0.325 e. The number of carbonyl (C=O) groups is 1. The van der Waals surface area contributed by atoms with Crippen molar-refractivity contribution in [2.45, 2.75) is 25.4 Å². The molecule has 5 nitrogen and oxygen atoms in total. The molecule has 0 amide bonds. The summed E-state index contributed by atoms with van der Waals surface area (Å²) < 4.78 is 5.59. The number of aliphatic carboxylic acids is 1. The number of nitrogens with zero attached hydrogens (tertiary/aromatic N) is 1. The quantitative estimate of drug-likeness (QED) is 0.692. The van der Waals surface area contributed by atoms with Gasteiger partial charge in [0.25, 0.3) is 0 Å². The Morgan fingerprint density at radius 2 is 2.00 bits per heavy atom. The Bertz CT molecular complexity index is 695. The number of nitriles is 1. The van der Waals surface area contributed by atoms with Crippen molar-refractivity contribution in [3.05, 3.63) is 65.7 Å². The minimum Gasteiger partial charge on any atom is -0.494 e. The maximum atomic E-state index is 11.5. The van der Waals surface area contributed by atoms with E-state index in [1.807, 2.05) is 42.5 Å². The Hall–Kier alpha value is -2.84. The molecular formula is C19H20N2O3. The number of ether oxygens (including phenoxy) is 1. The summed E-state index contributed by atoms with van der Waals surface area (Å²) in [6.07, 6.45) is 1.16. The highest BCUT2D eigenvalue weighted by Gasteiger charge is 2.18. The molecule has 0 radical (unpaired) electrons. The summed E-state index contributed by atoms with van der Waals surface area (Å²) >= 11 is 0. The number of hydrogen-bond donors (Lipinski definition) is 2. The molecule has 2 rings (SSSR count). The second-order valence-electron chi connectivity index (χ2n) is 5.32. The fourth-order valence-corrected chi connectivity index (χ4v) is 2.30. The number of rotatable bonds is 9. The minimum atomic E-state index is -0.912. The third-order valence-corrected chi connectivity index (χ3v) is 3.49. The number of unbranched alkanes of at least 4 members (excludes halogenated alkanes) is 1. The molecule has 0 fully saturated rings. The molecule has 0 aliphatic carbocycles. The lowest BCUT2D eigenvalue weighted by atomic mass is 10.1. The van der Waals surface area contributed by atoms with Gasteiger partial charge in [0.15, 0.2) is 0 Å². The van der Waals surface area contributed by atoms with E-state index in [-0.39, 0.29) is 0 Å². The predicted octanol–water partition coefficient (Wildman–Crippen LogP) is 3.28. The first-order valence-electron chi connectivity index (χ1n) is 7.80. The predicted molar refractivity (Wildman–Crippen MR) is 90.4 cm³/mol. The zero-order valence-electron chi connectivity index (χ0n) is 13.3. The molecule has 0 unspecified atom stereocenters. The van der Waals surface area contributed by atoms with E-state index in [4.69, 9.17) is 10.00 Å². The fraction of sp³-hybridized carbons (Fsp3) is 0.263. The average molecular weight is 324 g/mol. The maximum absolute atomic E-state index is 11.5. The molecule has 0 saturated carbocycles. The van der Waals surface area contributed by atoms with Crippen LogP contribution >= 0.6 is 0 Å². The number of benzene rings is 2. The number of hydrogen-bond acceptors (Lipinski definition) is 4. The Kier molecular flexibility index (Phi) is 6.81. The van der Waals surface area contributed by atoms with Crippen LogP contribution in [0.15, 0.2) is 54.6 Å². The lowest BCUT2D eigenvalue weighted by Gasteiger charge is -2.15. The summed E-state index contributed by atoms with van der Waals surface area (Å²) in [6.45, 7) is 0.910. The van der Waals surface area contributed by atoms with Gasteiger partial charge in [-0.25, -0.2) is 0 Å². The Morgan fingerprint density at radius 1 is 1.21 bits per heavy atom. The SMILES string of the molecule is N#CCCCOc1cccc(CN[C@@H](C(=O)O)c2ccccc2)c1. The van der Waals surface area contributed by atoms with Gasteiger partial charge in [-0.1, -0.05) is 42.5 Å². The normalized spacial score (nSPS) is 11.5. The molecule has 1 atom stereocenters. The van der Waals surface area contributed by atoms with Crippen LogP contribution in [0.2, 0.25) is 0 Å². The number of carboxylic acids is 1. The largest absolute Gasteiger partial charge is 0.494 e. The van der Waals surface area contributed by atoms with Crippen molar-refractivity contribution >= 4 is 5.97 Å². The van der Waals surface area contributed by atoms with Gasteiger partial charge in [0.2, 0.25) is 0 Å². The summed E-state index contributed by atoms with van der Waals surface area (Å²) in [5, 5.41) is 21.0. The van der Waals surface area contributed by atoms with Crippen molar-refractivity contribution in [2.24, 2.45) is 0 Å². The molecule has 0 aliphatic heterocycles. The highest BCUT2D eigenvalue weighted by molar-refractivity contribution is 5.75. The molecule has 2 aromatic carbocycles. The van der Waals surface area contributed by atoms with Gasteiger partial charge >= 0.3 is 5.97 Å². The number of nitrogens with one attached hydrogen (secondary N) is 1. The van der Waals surface area contributed by atoms with Gasteiger partial charge in [0.1, 0.15) is 11.8 Å². The van der Waals surface area contributed by atoms with Crippen molar-refractivity contribution in [1.29, 1.82) is 5.26 Å². The van der Waals surface area contributed by atoms with Crippen LogP contribution in [0.3, 0.4) is 0 Å². The highest BCUT2D eigenvalue weighted by Crippen LogP contribution is 2.17. The molecule has 24 heavy (non-hydrogen) atoms. The molecule has 0 spiro atoms. The summed E-state index contributed by atoms with van der Waals surface area (Å²) in [4.78, 5) is 11.5. The van der Waals surface area contributed by atoms with E-state index in [0.29, 0.717) is 31.6 Å².